The summed E-state index contributed by atoms with van der Waals surface area (Å²) < 4.78 is 5.53. The molecular weight excluding hydrogens is 288 g/mol. The average molecular weight is 311 g/mol. The maximum Gasteiger partial charge on any atom is 0.244 e. The van der Waals surface area contributed by atoms with E-state index in [9.17, 15) is 4.79 Å². The first-order chi connectivity index (χ1) is 10.1. The minimum atomic E-state index is -0.441. The summed E-state index contributed by atoms with van der Waals surface area (Å²) in [4.78, 5) is 12.5. The molecule has 1 fully saturated rings. The van der Waals surface area contributed by atoms with Crippen LogP contribution in [0.5, 0.6) is 5.75 Å². The highest BCUT2D eigenvalue weighted by molar-refractivity contribution is 6.32. The van der Waals surface area contributed by atoms with Gasteiger partial charge in [-0.2, -0.15) is 0 Å². The zero-order valence-electron chi connectivity index (χ0n) is 12.7. The van der Waals surface area contributed by atoms with E-state index in [2.05, 4.69) is 10.6 Å². The molecule has 0 radical (unpaired) electrons. The summed E-state index contributed by atoms with van der Waals surface area (Å²) in [5, 5.41) is 6.80. The molecule has 1 aromatic carbocycles. The number of carbonyl (C=O) groups is 1. The number of nitrogens with one attached hydrogen (secondary N) is 2. The highest BCUT2D eigenvalue weighted by Crippen LogP contribution is 2.29. The lowest BCUT2D eigenvalue weighted by atomic mass is 9.93. The van der Waals surface area contributed by atoms with E-state index in [-0.39, 0.29) is 5.91 Å². The number of rotatable bonds is 6. The third kappa shape index (κ3) is 3.69. The lowest BCUT2D eigenvalue weighted by molar-refractivity contribution is -0.122. The SMILES string of the molecule is CCCOc1ccc(NC(=O)C2(CC)CCCN2)cc1Cl. The van der Waals surface area contributed by atoms with E-state index in [1.165, 1.54) is 0 Å². The number of anilines is 1. The standard InChI is InChI=1S/C16H23ClN2O2/c1-3-10-21-14-7-6-12(11-13(14)17)19-15(20)16(4-2)8-5-9-18-16/h6-7,11,18H,3-5,8-10H2,1-2H3,(H,19,20). The number of hydrogen-bond acceptors (Lipinski definition) is 3. The maximum absolute atomic E-state index is 12.5. The van der Waals surface area contributed by atoms with E-state index in [4.69, 9.17) is 16.3 Å². The first-order valence-electron chi connectivity index (χ1n) is 7.60. The molecule has 1 aliphatic rings. The first-order valence-corrected chi connectivity index (χ1v) is 7.98. The van der Waals surface area contributed by atoms with Crippen LogP contribution in [0.1, 0.15) is 39.5 Å². The number of hydrogen-bond donors (Lipinski definition) is 2. The summed E-state index contributed by atoms with van der Waals surface area (Å²) in [5.74, 6) is 0.668. The highest BCUT2D eigenvalue weighted by Gasteiger charge is 2.39. The molecule has 0 bridgehead atoms. The molecule has 1 aromatic rings. The second-order valence-corrected chi connectivity index (χ2v) is 5.82. The first kappa shape index (κ1) is 16.1. The van der Waals surface area contributed by atoms with Crippen molar-refractivity contribution in [2.24, 2.45) is 0 Å². The summed E-state index contributed by atoms with van der Waals surface area (Å²) >= 11 is 6.18. The predicted molar refractivity (Wildman–Crippen MR) is 86.1 cm³/mol. The Morgan fingerprint density at radius 1 is 1.48 bits per heavy atom. The van der Waals surface area contributed by atoms with Gasteiger partial charge in [0.25, 0.3) is 0 Å². The molecule has 4 nitrogen and oxygen atoms in total. The van der Waals surface area contributed by atoms with Gasteiger partial charge in [-0.1, -0.05) is 25.4 Å². The number of benzene rings is 1. The van der Waals surface area contributed by atoms with Gasteiger partial charge in [-0.25, -0.2) is 0 Å². The van der Waals surface area contributed by atoms with Crippen LogP contribution in [0, 0.1) is 0 Å². The van der Waals surface area contributed by atoms with E-state index >= 15 is 0 Å². The van der Waals surface area contributed by atoms with Crippen LogP contribution < -0.4 is 15.4 Å². The number of amides is 1. The fourth-order valence-electron chi connectivity index (χ4n) is 2.62. The van der Waals surface area contributed by atoms with Crippen molar-refractivity contribution in [2.75, 3.05) is 18.5 Å². The number of ether oxygens (including phenoxy) is 1. The van der Waals surface area contributed by atoms with Gasteiger partial charge >= 0.3 is 0 Å². The summed E-state index contributed by atoms with van der Waals surface area (Å²) in [5.41, 5.74) is 0.263. The Labute approximate surface area is 131 Å². The smallest absolute Gasteiger partial charge is 0.244 e. The highest BCUT2D eigenvalue weighted by atomic mass is 35.5. The molecule has 1 atom stereocenters. The molecule has 0 aromatic heterocycles. The normalized spacial score (nSPS) is 21.3. The van der Waals surface area contributed by atoms with Crippen LogP contribution in [0.3, 0.4) is 0 Å². The molecule has 5 heteroatoms. The van der Waals surface area contributed by atoms with E-state index < -0.39 is 5.54 Å². The van der Waals surface area contributed by atoms with Crippen LogP contribution in [0.2, 0.25) is 5.02 Å². The third-order valence-electron chi connectivity index (χ3n) is 3.93. The van der Waals surface area contributed by atoms with Crippen LogP contribution in [0.25, 0.3) is 0 Å². The van der Waals surface area contributed by atoms with Crippen molar-refractivity contribution < 1.29 is 9.53 Å². The van der Waals surface area contributed by atoms with Gasteiger partial charge in [0, 0.05) is 5.69 Å². The molecule has 2 N–H and O–H groups in total. The molecule has 0 spiro atoms. The second kappa shape index (κ2) is 7.14. The van der Waals surface area contributed by atoms with E-state index in [0.29, 0.717) is 23.1 Å². The topological polar surface area (TPSA) is 50.4 Å². The number of carbonyl (C=O) groups excluding carboxylic acids is 1. The van der Waals surface area contributed by atoms with E-state index in [1.54, 1.807) is 12.1 Å². The summed E-state index contributed by atoms with van der Waals surface area (Å²) in [6.07, 6.45) is 3.62. The van der Waals surface area contributed by atoms with Crippen LogP contribution in [0.15, 0.2) is 18.2 Å². The molecule has 1 aliphatic heterocycles. The Hall–Kier alpha value is -1.26. The van der Waals surface area contributed by atoms with Gasteiger partial charge in [0.1, 0.15) is 5.75 Å². The molecule has 1 heterocycles. The van der Waals surface area contributed by atoms with Gasteiger partial charge in [0.15, 0.2) is 0 Å². The Bertz CT molecular complexity index is 499. The summed E-state index contributed by atoms with van der Waals surface area (Å²) in [6.45, 7) is 5.61. The fraction of sp³-hybridized carbons (Fsp3) is 0.562. The van der Waals surface area contributed by atoms with Crippen molar-refractivity contribution in [3.8, 4) is 5.75 Å². The Morgan fingerprint density at radius 3 is 2.86 bits per heavy atom. The maximum atomic E-state index is 12.5. The Balaban J connectivity index is 2.05. The largest absolute Gasteiger partial charge is 0.492 e. The molecule has 1 amide bonds. The lowest BCUT2D eigenvalue weighted by Crippen LogP contribution is -2.50. The van der Waals surface area contributed by atoms with Gasteiger partial charge in [-0.15, -0.1) is 0 Å². The van der Waals surface area contributed by atoms with Crippen molar-refractivity contribution in [1.82, 2.24) is 5.32 Å². The molecule has 0 aliphatic carbocycles. The van der Waals surface area contributed by atoms with Crippen LogP contribution in [-0.4, -0.2) is 24.6 Å². The lowest BCUT2D eigenvalue weighted by Gasteiger charge is -2.26. The Morgan fingerprint density at radius 2 is 2.29 bits per heavy atom. The molecule has 1 unspecified atom stereocenters. The van der Waals surface area contributed by atoms with E-state index in [1.807, 2.05) is 19.9 Å². The fourth-order valence-corrected chi connectivity index (χ4v) is 2.86. The average Bonchev–Trinajstić information content (AvgIpc) is 2.96. The molecule has 0 saturated carbocycles. The summed E-state index contributed by atoms with van der Waals surface area (Å²) in [6, 6.07) is 5.37. The second-order valence-electron chi connectivity index (χ2n) is 5.41. The van der Waals surface area contributed by atoms with Crippen molar-refractivity contribution >= 4 is 23.2 Å². The van der Waals surface area contributed by atoms with Gasteiger partial charge in [-0.05, 0) is 50.4 Å². The molecular formula is C16H23ClN2O2. The van der Waals surface area contributed by atoms with Gasteiger partial charge in [0.05, 0.1) is 17.2 Å². The van der Waals surface area contributed by atoms with Crippen molar-refractivity contribution in [3.05, 3.63) is 23.2 Å². The zero-order chi connectivity index (χ0) is 15.3. The van der Waals surface area contributed by atoms with Gasteiger partial charge in [0.2, 0.25) is 5.91 Å². The quantitative estimate of drug-likeness (QED) is 0.844. The summed E-state index contributed by atoms with van der Waals surface area (Å²) in [7, 11) is 0. The minimum absolute atomic E-state index is 0.0146. The molecule has 2 rings (SSSR count). The zero-order valence-corrected chi connectivity index (χ0v) is 13.4. The van der Waals surface area contributed by atoms with Crippen LogP contribution in [0.4, 0.5) is 5.69 Å². The predicted octanol–water partition coefficient (Wildman–Crippen LogP) is 3.60. The van der Waals surface area contributed by atoms with Crippen molar-refractivity contribution in [1.29, 1.82) is 0 Å². The third-order valence-corrected chi connectivity index (χ3v) is 4.23. The minimum Gasteiger partial charge on any atom is -0.492 e. The van der Waals surface area contributed by atoms with E-state index in [0.717, 1.165) is 32.2 Å². The van der Waals surface area contributed by atoms with Crippen LogP contribution >= 0.6 is 11.6 Å². The van der Waals surface area contributed by atoms with Crippen molar-refractivity contribution in [2.45, 2.75) is 45.1 Å². The Kier molecular flexibility index (Phi) is 5.48. The molecule has 116 valence electrons. The van der Waals surface area contributed by atoms with Gasteiger partial charge < -0.3 is 15.4 Å². The number of halogens is 1. The van der Waals surface area contributed by atoms with Crippen molar-refractivity contribution in [3.63, 3.8) is 0 Å². The van der Waals surface area contributed by atoms with Gasteiger partial charge in [-0.3, -0.25) is 4.79 Å². The molecule has 1 saturated heterocycles. The molecule has 21 heavy (non-hydrogen) atoms. The van der Waals surface area contributed by atoms with Crippen LogP contribution in [-0.2, 0) is 4.79 Å². The monoisotopic (exact) mass is 310 g/mol.